The lowest BCUT2D eigenvalue weighted by atomic mass is 9.92. The number of carbonyl (C=O) groups is 1. The summed E-state index contributed by atoms with van der Waals surface area (Å²) in [6.45, 7) is 5.27. The maximum atomic E-state index is 12.0. The minimum atomic E-state index is 0.0186. The number of halogens is 1. The van der Waals surface area contributed by atoms with Crippen molar-refractivity contribution in [2.24, 2.45) is 18.4 Å². The van der Waals surface area contributed by atoms with Crippen molar-refractivity contribution in [3.8, 4) is 0 Å². The fourth-order valence-corrected chi connectivity index (χ4v) is 2.74. The molecule has 1 aliphatic rings. The van der Waals surface area contributed by atoms with Gasteiger partial charge in [-0.05, 0) is 46.2 Å². The molecule has 0 atom stereocenters. The molecule has 1 aromatic rings. The Morgan fingerprint density at radius 2 is 2.24 bits per heavy atom. The van der Waals surface area contributed by atoms with Gasteiger partial charge in [-0.25, -0.2) is 0 Å². The van der Waals surface area contributed by atoms with Gasteiger partial charge >= 0.3 is 0 Å². The fourth-order valence-electron chi connectivity index (χ4n) is 2.22. The zero-order valence-electron chi connectivity index (χ0n) is 10.6. The third-order valence-corrected chi connectivity index (χ3v) is 4.36. The maximum absolute atomic E-state index is 12.0. The van der Waals surface area contributed by atoms with Crippen molar-refractivity contribution in [3.63, 3.8) is 0 Å². The van der Waals surface area contributed by atoms with Crippen LogP contribution in [0.15, 0.2) is 16.7 Å². The van der Waals surface area contributed by atoms with E-state index in [1.165, 1.54) is 12.8 Å². The van der Waals surface area contributed by atoms with Crippen LogP contribution >= 0.6 is 15.9 Å². The van der Waals surface area contributed by atoms with Crippen molar-refractivity contribution < 1.29 is 4.79 Å². The average Bonchev–Trinajstić information content (AvgIpc) is 2.97. The molecule has 0 saturated heterocycles. The average molecular weight is 299 g/mol. The largest absolute Gasteiger partial charge is 0.350 e. The summed E-state index contributed by atoms with van der Waals surface area (Å²) in [6.07, 6.45) is 4.37. The second-order valence-corrected chi connectivity index (χ2v) is 6.27. The van der Waals surface area contributed by atoms with Gasteiger partial charge in [-0.1, -0.05) is 13.8 Å². The van der Waals surface area contributed by atoms with Gasteiger partial charge in [0.25, 0.3) is 5.91 Å². The Hall–Kier alpha value is -0.770. The molecule has 0 bridgehead atoms. The summed E-state index contributed by atoms with van der Waals surface area (Å²) in [6, 6.07) is 1.85. The van der Waals surface area contributed by atoms with Crippen LogP contribution in [-0.4, -0.2) is 17.0 Å². The Kier molecular flexibility index (Phi) is 3.34. The van der Waals surface area contributed by atoms with Crippen LogP contribution in [0.1, 0.15) is 37.2 Å². The van der Waals surface area contributed by atoms with E-state index in [9.17, 15) is 4.79 Å². The molecule has 0 spiro atoms. The SMILES string of the molecule is CC(C)C1(CNC(=O)c2cc(Br)cn2C)CC1. The number of nitrogens with zero attached hydrogens (tertiary/aromatic N) is 1. The Morgan fingerprint density at radius 3 is 2.65 bits per heavy atom. The highest BCUT2D eigenvalue weighted by Crippen LogP contribution is 2.51. The topological polar surface area (TPSA) is 34.0 Å². The van der Waals surface area contributed by atoms with Gasteiger partial charge in [0.05, 0.1) is 0 Å². The van der Waals surface area contributed by atoms with Crippen LogP contribution in [0.2, 0.25) is 0 Å². The summed E-state index contributed by atoms with van der Waals surface area (Å²) in [7, 11) is 1.88. The molecule has 1 fully saturated rings. The van der Waals surface area contributed by atoms with E-state index in [0.29, 0.717) is 17.0 Å². The van der Waals surface area contributed by atoms with Gasteiger partial charge in [0.15, 0.2) is 0 Å². The minimum Gasteiger partial charge on any atom is -0.350 e. The van der Waals surface area contributed by atoms with Crippen LogP contribution in [0.5, 0.6) is 0 Å². The highest BCUT2D eigenvalue weighted by atomic mass is 79.9. The van der Waals surface area contributed by atoms with Crippen LogP contribution in [0.25, 0.3) is 0 Å². The third kappa shape index (κ3) is 2.57. The van der Waals surface area contributed by atoms with Crippen LogP contribution in [0, 0.1) is 11.3 Å². The van der Waals surface area contributed by atoms with Crippen LogP contribution < -0.4 is 5.32 Å². The highest BCUT2D eigenvalue weighted by Gasteiger charge is 2.45. The first-order valence-electron chi connectivity index (χ1n) is 6.05. The van der Waals surface area contributed by atoms with Crippen molar-refractivity contribution in [1.29, 1.82) is 0 Å². The Bertz CT molecular complexity index is 433. The molecule has 4 heteroatoms. The second kappa shape index (κ2) is 4.48. The van der Waals surface area contributed by atoms with Crippen molar-refractivity contribution in [2.45, 2.75) is 26.7 Å². The fraction of sp³-hybridized carbons (Fsp3) is 0.615. The number of nitrogens with one attached hydrogen (secondary N) is 1. The first kappa shape index (κ1) is 12.7. The summed E-state index contributed by atoms with van der Waals surface area (Å²) in [4.78, 5) is 12.0. The first-order valence-corrected chi connectivity index (χ1v) is 6.84. The summed E-state index contributed by atoms with van der Waals surface area (Å²) in [5.41, 5.74) is 1.06. The van der Waals surface area contributed by atoms with E-state index < -0.39 is 0 Å². The van der Waals surface area contributed by atoms with E-state index in [-0.39, 0.29) is 5.91 Å². The Labute approximate surface area is 111 Å². The standard InChI is InChI=1S/C13H19BrN2O/c1-9(2)13(4-5-13)8-15-12(17)11-6-10(14)7-16(11)3/h6-7,9H,4-5,8H2,1-3H3,(H,15,17). The molecule has 1 amide bonds. The molecule has 17 heavy (non-hydrogen) atoms. The van der Waals surface area contributed by atoms with Crippen LogP contribution in [0.3, 0.4) is 0 Å². The molecule has 1 saturated carbocycles. The summed E-state index contributed by atoms with van der Waals surface area (Å²) in [5.74, 6) is 0.660. The predicted octanol–water partition coefficient (Wildman–Crippen LogP) is 2.95. The zero-order chi connectivity index (χ0) is 12.6. The lowest BCUT2D eigenvalue weighted by Crippen LogP contribution is -2.33. The molecule has 0 radical (unpaired) electrons. The lowest BCUT2D eigenvalue weighted by molar-refractivity contribution is 0.0931. The first-order chi connectivity index (χ1) is 7.94. The van der Waals surface area contributed by atoms with E-state index in [1.54, 1.807) is 0 Å². The van der Waals surface area contributed by atoms with Gasteiger partial charge in [0.2, 0.25) is 0 Å². The quantitative estimate of drug-likeness (QED) is 0.911. The van der Waals surface area contributed by atoms with E-state index >= 15 is 0 Å². The normalized spacial score (nSPS) is 17.2. The smallest absolute Gasteiger partial charge is 0.267 e. The molecule has 0 aliphatic heterocycles. The lowest BCUT2D eigenvalue weighted by Gasteiger charge is -2.20. The molecule has 1 N–H and O–H groups in total. The molecule has 1 aliphatic carbocycles. The number of hydrogen-bond donors (Lipinski definition) is 1. The molecular formula is C13H19BrN2O. The predicted molar refractivity (Wildman–Crippen MR) is 72.0 cm³/mol. The van der Waals surface area contributed by atoms with Crippen LogP contribution in [-0.2, 0) is 7.05 Å². The van der Waals surface area contributed by atoms with Crippen molar-refractivity contribution in [3.05, 3.63) is 22.4 Å². The molecule has 94 valence electrons. The van der Waals surface area contributed by atoms with Crippen molar-refractivity contribution >= 4 is 21.8 Å². The summed E-state index contributed by atoms with van der Waals surface area (Å²) < 4.78 is 2.78. The van der Waals surface area contributed by atoms with Gasteiger partial charge in [0, 0.05) is 24.3 Å². The third-order valence-electron chi connectivity index (χ3n) is 3.92. The highest BCUT2D eigenvalue weighted by molar-refractivity contribution is 9.10. The van der Waals surface area contributed by atoms with Crippen LogP contribution in [0.4, 0.5) is 0 Å². The van der Waals surface area contributed by atoms with Gasteiger partial charge < -0.3 is 9.88 Å². The van der Waals surface area contributed by atoms with Gasteiger partial charge in [0.1, 0.15) is 5.69 Å². The molecule has 1 heterocycles. The zero-order valence-corrected chi connectivity index (χ0v) is 12.2. The number of rotatable bonds is 4. The molecular weight excluding hydrogens is 280 g/mol. The minimum absolute atomic E-state index is 0.0186. The number of aromatic nitrogens is 1. The second-order valence-electron chi connectivity index (χ2n) is 5.35. The number of carbonyl (C=O) groups excluding carboxylic acids is 1. The van der Waals surface area contributed by atoms with Gasteiger partial charge in [-0.2, -0.15) is 0 Å². The maximum Gasteiger partial charge on any atom is 0.267 e. The van der Waals surface area contributed by atoms with Gasteiger partial charge in [-0.3, -0.25) is 4.79 Å². The number of hydrogen-bond acceptors (Lipinski definition) is 1. The Morgan fingerprint density at radius 1 is 1.59 bits per heavy atom. The summed E-state index contributed by atoms with van der Waals surface area (Å²) in [5, 5.41) is 3.06. The van der Waals surface area contributed by atoms with Gasteiger partial charge in [-0.15, -0.1) is 0 Å². The molecule has 1 aromatic heterocycles. The molecule has 2 rings (SSSR count). The van der Waals surface area contributed by atoms with E-state index in [1.807, 2.05) is 23.9 Å². The van der Waals surface area contributed by atoms with E-state index in [2.05, 4.69) is 35.1 Å². The van der Waals surface area contributed by atoms with Crippen molar-refractivity contribution in [2.75, 3.05) is 6.54 Å². The van der Waals surface area contributed by atoms with E-state index in [0.717, 1.165) is 11.0 Å². The monoisotopic (exact) mass is 298 g/mol. The van der Waals surface area contributed by atoms with E-state index in [4.69, 9.17) is 0 Å². The summed E-state index contributed by atoms with van der Waals surface area (Å²) >= 11 is 3.38. The Balaban J connectivity index is 1.96. The molecule has 3 nitrogen and oxygen atoms in total. The molecule has 0 aromatic carbocycles. The number of amides is 1. The molecule has 0 unspecified atom stereocenters. The van der Waals surface area contributed by atoms with Crippen molar-refractivity contribution in [1.82, 2.24) is 9.88 Å². The number of aryl methyl sites for hydroxylation is 1.